The third kappa shape index (κ3) is 4.20. The molecule has 0 atom stereocenters. The molecule has 0 saturated carbocycles. The number of carbonyl (C=O) groups is 1. The second-order valence-corrected chi connectivity index (χ2v) is 7.12. The van der Waals surface area contributed by atoms with Crippen LogP contribution in [0.25, 0.3) is 16.9 Å². The van der Waals surface area contributed by atoms with Gasteiger partial charge in [-0.3, -0.25) is 14.9 Å². The number of aryl methyl sites for hydroxylation is 1. The van der Waals surface area contributed by atoms with Gasteiger partial charge in [0.05, 0.1) is 23.9 Å². The van der Waals surface area contributed by atoms with Crippen LogP contribution in [0.3, 0.4) is 0 Å². The molecule has 11 heteroatoms. The van der Waals surface area contributed by atoms with Crippen LogP contribution in [0.4, 0.5) is 20.2 Å². The Morgan fingerprint density at radius 3 is 2.55 bits per heavy atom. The van der Waals surface area contributed by atoms with Crippen molar-refractivity contribution in [3.05, 3.63) is 81.7 Å². The van der Waals surface area contributed by atoms with E-state index in [1.165, 1.54) is 31.4 Å². The van der Waals surface area contributed by atoms with Gasteiger partial charge in [-0.05, 0) is 19.1 Å². The lowest BCUT2D eigenvalue weighted by Crippen LogP contribution is -2.14. The van der Waals surface area contributed by atoms with Crippen molar-refractivity contribution in [3.8, 4) is 17.0 Å². The third-order valence-electron chi connectivity index (χ3n) is 4.96. The van der Waals surface area contributed by atoms with E-state index in [0.717, 1.165) is 16.3 Å². The lowest BCUT2D eigenvalue weighted by molar-refractivity contribution is -0.383. The second-order valence-electron chi connectivity index (χ2n) is 7.12. The highest BCUT2D eigenvalue weighted by molar-refractivity contribution is 6.09. The van der Waals surface area contributed by atoms with Crippen molar-refractivity contribution >= 4 is 22.9 Å². The zero-order valence-electron chi connectivity index (χ0n) is 17.5. The van der Waals surface area contributed by atoms with Gasteiger partial charge >= 0.3 is 0 Å². The van der Waals surface area contributed by atoms with Crippen molar-refractivity contribution in [2.45, 2.75) is 13.3 Å². The standard InChI is InChI=1S/C22H17F2N5O4/c1-12-3-5-13(6-4-12)16-10-19(20(23)24)28-21(26-16)15(11-25-28)22(30)27-17-9-14(33-2)7-8-18(17)29(31)32/h3-11,20H,1-2H3,(H,27,30). The van der Waals surface area contributed by atoms with E-state index in [-0.39, 0.29) is 34.0 Å². The number of alkyl halides is 2. The molecule has 33 heavy (non-hydrogen) atoms. The van der Waals surface area contributed by atoms with E-state index in [9.17, 15) is 23.7 Å². The zero-order chi connectivity index (χ0) is 23.7. The minimum absolute atomic E-state index is 0.105. The number of benzene rings is 2. The zero-order valence-corrected chi connectivity index (χ0v) is 17.5. The van der Waals surface area contributed by atoms with Crippen LogP contribution in [0.2, 0.25) is 0 Å². The summed E-state index contributed by atoms with van der Waals surface area (Å²) in [5.41, 5.74) is 0.657. The molecule has 0 bridgehead atoms. The molecule has 0 aliphatic heterocycles. The topological polar surface area (TPSA) is 112 Å². The van der Waals surface area contributed by atoms with Gasteiger partial charge in [-0.2, -0.15) is 5.10 Å². The van der Waals surface area contributed by atoms with Crippen molar-refractivity contribution < 1.29 is 23.2 Å². The number of nitrogens with zero attached hydrogens (tertiary/aromatic N) is 4. The van der Waals surface area contributed by atoms with Gasteiger partial charge in [-0.1, -0.05) is 29.8 Å². The van der Waals surface area contributed by atoms with Gasteiger partial charge in [0.1, 0.15) is 22.7 Å². The number of nitrogens with one attached hydrogen (secondary N) is 1. The summed E-state index contributed by atoms with van der Waals surface area (Å²) in [7, 11) is 1.38. The van der Waals surface area contributed by atoms with E-state index in [4.69, 9.17) is 4.74 Å². The van der Waals surface area contributed by atoms with Gasteiger partial charge in [-0.25, -0.2) is 18.3 Å². The van der Waals surface area contributed by atoms with Crippen LogP contribution in [0.1, 0.15) is 28.0 Å². The lowest BCUT2D eigenvalue weighted by atomic mass is 10.1. The molecule has 9 nitrogen and oxygen atoms in total. The number of aromatic nitrogens is 3. The van der Waals surface area contributed by atoms with Gasteiger partial charge in [0.2, 0.25) is 0 Å². The summed E-state index contributed by atoms with van der Waals surface area (Å²) < 4.78 is 33.5. The number of ether oxygens (including phenoxy) is 1. The molecular weight excluding hydrogens is 436 g/mol. The predicted octanol–water partition coefficient (Wildman–Crippen LogP) is 4.81. The van der Waals surface area contributed by atoms with E-state index in [0.29, 0.717) is 5.56 Å². The van der Waals surface area contributed by atoms with Crippen molar-refractivity contribution in [1.82, 2.24) is 14.6 Å². The molecule has 0 saturated heterocycles. The molecule has 0 aliphatic carbocycles. The largest absolute Gasteiger partial charge is 0.497 e. The smallest absolute Gasteiger partial charge is 0.293 e. The Labute approximate surface area is 185 Å². The fourth-order valence-corrected chi connectivity index (χ4v) is 3.27. The Kier molecular flexibility index (Phi) is 5.69. The average Bonchev–Trinajstić information content (AvgIpc) is 3.22. The minimum atomic E-state index is -2.88. The number of carbonyl (C=O) groups excluding carboxylic acids is 1. The Hall–Kier alpha value is -4.41. The maximum atomic E-state index is 13.8. The molecule has 1 N–H and O–H groups in total. The third-order valence-corrected chi connectivity index (χ3v) is 4.96. The highest BCUT2D eigenvalue weighted by Crippen LogP contribution is 2.31. The molecule has 2 heterocycles. The number of anilines is 1. The molecule has 4 rings (SSSR count). The molecule has 0 unspecified atom stereocenters. The van der Waals surface area contributed by atoms with Gasteiger partial charge in [0, 0.05) is 17.7 Å². The van der Waals surface area contributed by atoms with Crippen LogP contribution in [0.5, 0.6) is 5.75 Å². The summed E-state index contributed by atoms with van der Waals surface area (Å²) >= 11 is 0. The molecule has 0 aliphatic rings. The Balaban J connectivity index is 1.81. The summed E-state index contributed by atoms with van der Waals surface area (Å²) in [6.07, 6.45) is -1.79. The molecule has 0 radical (unpaired) electrons. The van der Waals surface area contributed by atoms with E-state index in [1.54, 1.807) is 12.1 Å². The Morgan fingerprint density at radius 2 is 1.91 bits per heavy atom. The summed E-state index contributed by atoms with van der Waals surface area (Å²) in [6.45, 7) is 1.89. The summed E-state index contributed by atoms with van der Waals surface area (Å²) in [6, 6.07) is 12.2. The fourth-order valence-electron chi connectivity index (χ4n) is 3.27. The van der Waals surface area contributed by atoms with E-state index < -0.39 is 22.9 Å². The molecule has 168 valence electrons. The first kappa shape index (κ1) is 21.8. The van der Waals surface area contributed by atoms with Gasteiger partial charge < -0.3 is 10.1 Å². The van der Waals surface area contributed by atoms with Crippen molar-refractivity contribution in [3.63, 3.8) is 0 Å². The summed E-state index contributed by atoms with van der Waals surface area (Å²) in [4.78, 5) is 28.1. The van der Waals surface area contributed by atoms with Gasteiger partial charge in [0.25, 0.3) is 18.0 Å². The SMILES string of the molecule is COc1ccc([N+](=O)[O-])c(NC(=O)c2cnn3c(C(F)F)cc(-c4ccc(C)cc4)nc23)c1. The number of halogens is 2. The number of hydrogen-bond acceptors (Lipinski definition) is 6. The number of rotatable bonds is 6. The Bertz CT molecular complexity index is 1370. The fraction of sp³-hybridized carbons (Fsp3) is 0.136. The number of nitro groups is 1. The number of fused-ring (bicyclic) bond motifs is 1. The Morgan fingerprint density at radius 1 is 1.18 bits per heavy atom. The maximum Gasteiger partial charge on any atom is 0.293 e. The normalized spacial score (nSPS) is 11.1. The van der Waals surface area contributed by atoms with Gasteiger partial charge in [-0.15, -0.1) is 0 Å². The molecule has 2 aromatic heterocycles. The molecule has 0 fully saturated rings. The van der Waals surface area contributed by atoms with Crippen LogP contribution in [0, 0.1) is 17.0 Å². The first-order chi connectivity index (χ1) is 15.8. The monoisotopic (exact) mass is 453 g/mol. The first-order valence-electron chi connectivity index (χ1n) is 9.66. The van der Waals surface area contributed by atoms with Crippen LogP contribution in [-0.4, -0.2) is 32.5 Å². The van der Waals surface area contributed by atoms with Crippen molar-refractivity contribution in [2.24, 2.45) is 0 Å². The maximum absolute atomic E-state index is 13.8. The van der Waals surface area contributed by atoms with E-state index in [2.05, 4.69) is 15.4 Å². The molecule has 2 aromatic carbocycles. The lowest BCUT2D eigenvalue weighted by Gasteiger charge is -2.10. The van der Waals surface area contributed by atoms with Crippen LogP contribution in [-0.2, 0) is 0 Å². The van der Waals surface area contributed by atoms with Crippen LogP contribution >= 0.6 is 0 Å². The van der Waals surface area contributed by atoms with E-state index >= 15 is 0 Å². The second kappa shape index (κ2) is 8.61. The van der Waals surface area contributed by atoms with Crippen molar-refractivity contribution in [2.75, 3.05) is 12.4 Å². The quantitative estimate of drug-likeness (QED) is 0.331. The number of nitro benzene ring substituents is 1. The van der Waals surface area contributed by atoms with Crippen LogP contribution in [0.15, 0.2) is 54.7 Å². The molecular formula is C22H17F2N5O4. The molecule has 4 aromatic rings. The van der Waals surface area contributed by atoms with Crippen molar-refractivity contribution in [1.29, 1.82) is 0 Å². The van der Waals surface area contributed by atoms with Gasteiger partial charge in [0.15, 0.2) is 5.65 Å². The highest BCUT2D eigenvalue weighted by Gasteiger charge is 2.24. The summed E-state index contributed by atoms with van der Waals surface area (Å²) in [5.74, 6) is -0.509. The first-order valence-corrected chi connectivity index (χ1v) is 9.66. The average molecular weight is 453 g/mol. The minimum Gasteiger partial charge on any atom is -0.497 e. The van der Waals surface area contributed by atoms with Crippen LogP contribution < -0.4 is 10.1 Å². The summed E-state index contributed by atoms with van der Waals surface area (Å²) in [5, 5.41) is 17.7. The molecule has 0 spiro atoms. The number of hydrogen-bond donors (Lipinski definition) is 1. The predicted molar refractivity (Wildman–Crippen MR) is 116 cm³/mol. The molecule has 1 amide bonds. The highest BCUT2D eigenvalue weighted by atomic mass is 19.3. The number of amides is 1. The number of methoxy groups -OCH3 is 1. The van der Waals surface area contributed by atoms with E-state index in [1.807, 2.05) is 19.1 Å².